The van der Waals surface area contributed by atoms with E-state index in [2.05, 4.69) is 14.4 Å². The number of H-pyrrole nitrogens is 1. The number of carbonyl (C=O) groups excluding carboxylic acids is 1. The van der Waals surface area contributed by atoms with E-state index in [4.69, 9.17) is 0 Å². The molecule has 0 radical (unpaired) electrons. The number of amides is 1. The van der Waals surface area contributed by atoms with Gasteiger partial charge in [0, 0.05) is 35.6 Å². The highest BCUT2D eigenvalue weighted by Gasteiger charge is 2.49. The molecular weight excluding hydrogens is 499 g/mol. The minimum atomic E-state index is -4.25. The van der Waals surface area contributed by atoms with E-state index in [0.717, 1.165) is 0 Å². The molecule has 3 heterocycles. The summed E-state index contributed by atoms with van der Waals surface area (Å²) in [4.78, 5) is 32.5. The molecule has 0 saturated carbocycles. The number of nitrogens with one attached hydrogen (secondary N) is 1. The smallest absolute Gasteiger partial charge is 0.344 e. The fraction of sp³-hybridized carbons (Fsp3) is 0.231. The lowest BCUT2D eigenvalue weighted by atomic mass is 9.84. The average Bonchev–Trinajstić information content (AvgIpc) is 3.24. The van der Waals surface area contributed by atoms with Gasteiger partial charge in [-0.05, 0) is 23.1 Å². The minimum Gasteiger partial charge on any atom is -0.509 e. The molecule has 1 atom stereocenters. The second-order valence-corrected chi connectivity index (χ2v) is 11.5. The summed E-state index contributed by atoms with van der Waals surface area (Å²) in [7, 11) is -4.25. The molecule has 2 aliphatic rings. The molecule has 0 spiro atoms. The van der Waals surface area contributed by atoms with Gasteiger partial charge in [0.05, 0.1) is 6.04 Å². The number of halogens is 1. The number of hydrogen-bond acceptors (Lipinski definition) is 6. The number of aromatic amines is 1. The summed E-state index contributed by atoms with van der Waals surface area (Å²) in [6.45, 7) is 5.63. The van der Waals surface area contributed by atoms with E-state index < -0.39 is 38.9 Å². The maximum Gasteiger partial charge on any atom is 0.344 e. The van der Waals surface area contributed by atoms with E-state index in [1.165, 1.54) is 35.5 Å². The molecule has 11 heteroatoms. The van der Waals surface area contributed by atoms with Crippen LogP contribution in [0.3, 0.4) is 0 Å². The first-order valence-electron chi connectivity index (χ1n) is 11.4. The number of sulfonamides is 1. The quantitative estimate of drug-likeness (QED) is 0.540. The topological polar surface area (TPSA) is 133 Å². The SMILES string of the molecule is CC(C)(C)[C@H]1C(O)=C(C2=NS(=O)(=O)c3c2cccc3-c2cnc(=O)[nH]c2)C(=O)N1Cc1ccc(F)cc1. The number of hydrogen-bond donors (Lipinski definition) is 2. The molecule has 0 aliphatic carbocycles. The second-order valence-electron chi connectivity index (χ2n) is 9.99. The first-order chi connectivity index (χ1) is 17.4. The Morgan fingerprint density at radius 3 is 2.38 bits per heavy atom. The zero-order valence-corrected chi connectivity index (χ0v) is 21.0. The van der Waals surface area contributed by atoms with E-state index in [1.54, 1.807) is 24.3 Å². The summed E-state index contributed by atoms with van der Waals surface area (Å²) in [5.74, 6) is -1.28. The molecule has 5 rings (SSSR count). The predicted molar refractivity (Wildman–Crippen MR) is 134 cm³/mol. The molecule has 2 aliphatic heterocycles. The maximum atomic E-state index is 13.8. The molecule has 1 aromatic heterocycles. The molecule has 0 saturated heterocycles. The molecule has 2 N–H and O–H groups in total. The Morgan fingerprint density at radius 2 is 1.76 bits per heavy atom. The lowest BCUT2D eigenvalue weighted by molar-refractivity contribution is -0.129. The molecule has 190 valence electrons. The van der Waals surface area contributed by atoms with Crippen molar-refractivity contribution < 1.29 is 22.7 Å². The van der Waals surface area contributed by atoms with Crippen molar-refractivity contribution in [2.24, 2.45) is 9.81 Å². The fourth-order valence-corrected chi connectivity index (χ4v) is 6.25. The third kappa shape index (κ3) is 4.14. The first kappa shape index (κ1) is 24.6. The van der Waals surface area contributed by atoms with Gasteiger partial charge in [-0.1, -0.05) is 51.1 Å². The van der Waals surface area contributed by atoms with E-state index in [9.17, 15) is 27.5 Å². The van der Waals surface area contributed by atoms with Gasteiger partial charge >= 0.3 is 5.69 Å². The summed E-state index contributed by atoms with van der Waals surface area (Å²) in [5.41, 5.74) is -0.140. The third-order valence-corrected chi connectivity index (χ3v) is 7.73. The highest BCUT2D eigenvalue weighted by atomic mass is 32.2. The fourth-order valence-electron chi connectivity index (χ4n) is 4.82. The van der Waals surface area contributed by atoms with Crippen LogP contribution in [0.15, 0.2) is 80.3 Å². The summed E-state index contributed by atoms with van der Waals surface area (Å²) in [6.07, 6.45) is 2.59. The van der Waals surface area contributed by atoms with Crippen LogP contribution in [0.5, 0.6) is 0 Å². The van der Waals surface area contributed by atoms with Gasteiger partial charge in [-0.2, -0.15) is 12.8 Å². The second kappa shape index (κ2) is 8.48. The van der Waals surface area contributed by atoms with Gasteiger partial charge in [-0.15, -0.1) is 0 Å². The Morgan fingerprint density at radius 1 is 1.08 bits per heavy atom. The van der Waals surface area contributed by atoms with E-state index in [1.807, 2.05) is 20.8 Å². The number of rotatable bonds is 4. The molecule has 2 aromatic carbocycles. The van der Waals surface area contributed by atoms with Crippen LogP contribution in [0.25, 0.3) is 11.1 Å². The van der Waals surface area contributed by atoms with Crippen molar-refractivity contribution in [1.82, 2.24) is 14.9 Å². The largest absolute Gasteiger partial charge is 0.509 e. The van der Waals surface area contributed by atoms with E-state index in [-0.39, 0.29) is 39.6 Å². The lowest BCUT2D eigenvalue weighted by Gasteiger charge is -2.35. The summed E-state index contributed by atoms with van der Waals surface area (Å²) in [5, 5.41) is 11.4. The number of nitrogens with zero attached hydrogens (tertiary/aromatic N) is 3. The average molecular weight is 523 g/mol. The van der Waals surface area contributed by atoms with Crippen molar-refractivity contribution in [3.8, 4) is 11.1 Å². The van der Waals surface area contributed by atoms with Gasteiger partial charge < -0.3 is 15.0 Å². The molecule has 0 unspecified atom stereocenters. The van der Waals surface area contributed by atoms with Crippen LogP contribution in [-0.2, 0) is 21.4 Å². The van der Waals surface area contributed by atoms with Crippen LogP contribution in [0.4, 0.5) is 4.39 Å². The van der Waals surface area contributed by atoms with Gasteiger partial charge in [-0.25, -0.2) is 14.2 Å². The van der Waals surface area contributed by atoms with Crippen LogP contribution in [0.2, 0.25) is 0 Å². The van der Waals surface area contributed by atoms with Crippen LogP contribution in [-0.4, -0.2) is 46.1 Å². The number of aliphatic hydroxyl groups excluding tert-OH is 1. The number of aromatic nitrogens is 2. The maximum absolute atomic E-state index is 13.8. The Kier molecular flexibility index (Phi) is 5.63. The summed E-state index contributed by atoms with van der Waals surface area (Å²) < 4.78 is 43.8. The molecule has 0 fully saturated rings. The highest BCUT2D eigenvalue weighted by molar-refractivity contribution is 7.91. The number of aliphatic hydroxyl groups is 1. The van der Waals surface area contributed by atoms with Crippen LogP contribution in [0.1, 0.15) is 31.9 Å². The zero-order chi connectivity index (χ0) is 26.7. The molecule has 0 bridgehead atoms. The van der Waals surface area contributed by atoms with Gasteiger partial charge in [0.1, 0.15) is 27.8 Å². The van der Waals surface area contributed by atoms with Crippen molar-refractivity contribution in [3.05, 3.63) is 93.6 Å². The number of benzene rings is 2. The standard InChI is InChI=1S/C26H23FN4O5S/c1-26(2,3)23-21(32)19(24(33)31(23)13-14-7-9-16(27)10-8-14)20-18-6-4-5-17(22(18)37(35,36)30-20)15-11-28-25(34)29-12-15/h4-12,23,32H,13H2,1-3H3,(H,28,29,34)/t23-/m1/s1. The molecule has 37 heavy (non-hydrogen) atoms. The molecular formula is C26H23FN4O5S. The lowest BCUT2D eigenvalue weighted by Crippen LogP contribution is -2.43. The van der Waals surface area contributed by atoms with Gasteiger partial charge in [-0.3, -0.25) is 4.79 Å². The Hall–Kier alpha value is -4.12. The Labute approximate surface area is 212 Å². The molecule has 1 amide bonds. The molecule has 9 nitrogen and oxygen atoms in total. The first-order valence-corrected chi connectivity index (χ1v) is 12.8. The highest BCUT2D eigenvalue weighted by Crippen LogP contribution is 2.42. The number of fused-ring (bicyclic) bond motifs is 1. The Balaban J connectivity index is 1.64. The Bertz CT molecular complexity index is 1650. The number of carbonyl (C=O) groups is 1. The van der Waals surface area contributed by atoms with Crippen molar-refractivity contribution in [2.75, 3.05) is 0 Å². The van der Waals surface area contributed by atoms with Crippen molar-refractivity contribution >= 4 is 21.6 Å². The van der Waals surface area contributed by atoms with Gasteiger partial charge in [0.15, 0.2) is 0 Å². The molecule has 3 aromatic rings. The van der Waals surface area contributed by atoms with E-state index >= 15 is 0 Å². The monoisotopic (exact) mass is 522 g/mol. The summed E-state index contributed by atoms with van der Waals surface area (Å²) >= 11 is 0. The van der Waals surface area contributed by atoms with E-state index in [0.29, 0.717) is 11.1 Å². The van der Waals surface area contributed by atoms with Gasteiger partial charge in [0.2, 0.25) is 0 Å². The van der Waals surface area contributed by atoms with Crippen LogP contribution >= 0.6 is 0 Å². The third-order valence-electron chi connectivity index (χ3n) is 6.35. The summed E-state index contributed by atoms with van der Waals surface area (Å²) in [6, 6.07) is 9.56. The van der Waals surface area contributed by atoms with Crippen molar-refractivity contribution in [3.63, 3.8) is 0 Å². The van der Waals surface area contributed by atoms with Crippen molar-refractivity contribution in [1.29, 1.82) is 0 Å². The predicted octanol–water partition coefficient (Wildman–Crippen LogP) is 3.34. The van der Waals surface area contributed by atoms with Gasteiger partial charge in [0.25, 0.3) is 15.9 Å². The zero-order valence-electron chi connectivity index (χ0n) is 20.2. The minimum absolute atomic E-state index is 0.0740. The van der Waals surface area contributed by atoms with Crippen molar-refractivity contribution in [2.45, 2.75) is 38.3 Å². The van der Waals surface area contributed by atoms with Crippen LogP contribution < -0.4 is 5.69 Å². The normalized spacial score (nSPS) is 18.8. The van der Waals surface area contributed by atoms with Crippen LogP contribution in [0, 0.1) is 11.2 Å².